The van der Waals surface area contributed by atoms with Crippen LogP contribution in [-0.2, 0) is 0 Å². The van der Waals surface area contributed by atoms with Crippen molar-refractivity contribution in [3.05, 3.63) is 115 Å². The minimum Gasteiger partial charge on any atom is -0.493 e. The van der Waals surface area contributed by atoms with Gasteiger partial charge in [-0.15, -0.1) is 5.10 Å². The fourth-order valence-electron chi connectivity index (χ4n) is 4.50. The molecule has 0 aliphatic carbocycles. The Hall–Kier alpha value is -4.54. The highest BCUT2D eigenvalue weighted by atomic mass is 79.9. The number of hydrogen-bond acceptors (Lipinski definition) is 7. The number of rotatable bonds is 10. The number of fused-ring (bicyclic) bond motifs is 1. The van der Waals surface area contributed by atoms with Crippen molar-refractivity contribution in [2.75, 3.05) is 13.7 Å². The Morgan fingerprint density at radius 1 is 0.977 bits per heavy atom. The van der Waals surface area contributed by atoms with Crippen LogP contribution in [0.3, 0.4) is 0 Å². The minimum atomic E-state index is -0.225. The topological polar surface area (TPSA) is 83.5 Å². The van der Waals surface area contributed by atoms with Crippen molar-refractivity contribution in [1.82, 2.24) is 24.4 Å². The van der Waals surface area contributed by atoms with Crippen molar-refractivity contribution in [2.24, 2.45) is 0 Å². The standard InChI is InChI=1S/C33H28BrN5O3S/c1-3-4-18-42-27-16-10-22(19-28(27)41-2)11-17-30-35-33-39(36-30)32(40)29(43-33)20-24-21-38(26-8-6-5-7-9-26)37-31(24)23-12-14-25(34)15-13-23/h5-17,19-21H,3-4,18H2,1-2H3/b17-11+,29-20-. The highest BCUT2D eigenvalue weighted by molar-refractivity contribution is 9.10. The molecule has 8 nitrogen and oxygen atoms in total. The van der Waals surface area contributed by atoms with E-state index < -0.39 is 0 Å². The molecule has 0 aliphatic rings. The summed E-state index contributed by atoms with van der Waals surface area (Å²) < 4.78 is 16.0. The van der Waals surface area contributed by atoms with E-state index in [9.17, 15) is 4.79 Å². The van der Waals surface area contributed by atoms with E-state index in [1.165, 1.54) is 15.9 Å². The average Bonchev–Trinajstić information content (AvgIpc) is 3.72. The van der Waals surface area contributed by atoms with Crippen LogP contribution in [0.2, 0.25) is 0 Å². The number of unbranched alkanes of at least 4 members (excludes halogenated alkanes) is 1. The van der Waals surface area contributed by atoms with E-state index >= 15 is 0 Å². The quantitative estimate of drug-likeness (QED) is 0.154. The zero-order valence-corrected chi connectivity index (χ0v) is 26.0. The minimum absolute atomic E-state index is 0.225. The van der Waals surface area contributed by atoms with Crippen LogP contribution in [0.1, 0.15) is 36.7 Å². The van der Waals surface area contributed by atoms with Gasteiger partial charge in [-0.25, -0.2) is 4.68 Å². The fraction of sp³-hybridized carbons (Fsp3) is 0.152. The number of methoxy groups -OCH3 is 1. The van der Waals surface area contributed by atoms with E-state index in [2.05, 4.69) is 32.9 Å². The van der Waals surface area contributed by atoms with Crippen LogP contribution < -0.4 is 19.6 Å². The summed E-state index contributed by atoms with van der Waals surface area (Å²) in [4.78, 5) is 18.5. The van der Waals surface area contributed by atoms with E-state index in [4.69, 9.17) is 14.6 Å². The molecule has 0 saturated carbocycles. The molecule has 10 heteroatoms. The monoisotopic (exact) mass is 653 g/mol. The summed E-state index contributed by atoms with van der Waals surface area (Å²) in [6, 6.07) is 23.6. The summed E-state index contributed by atoms with van der Waals surface area (Å²) in [5.41, 5.74) is 4.15. The van der Waals surface area contributed by atoms with Gasteiger partial charge < -0.3 is 9.47 Å². The highest BCUT2D eigenvalue weighted by Crippen LogP contribution is 2.29. The van der Waals surface area contributed by atoms with Gasteiger partial charge in [-0.05, 0) is 60.5 Å². The predicted molar refractivity (Wildman–Crippen MR) is 175 cm³/mol. The summed E-state index contributed by atoms with van der Waals surface area (Å²) in [6.07, 6.45) is 9.51. The van der Waals surface area contributed by atoms with Gasteiger partial charge in [-0.3, -0.25) is 4.79 Å². The smallest absolute Gasteiger partial charge is 0.291 e. The molecule has 0 saturated heterocycles. The summed E-state index contributed by atoms with van der Waals surface area (Å²) >= 11 is 4.80. The van der Waals surface area contributed by atoms with Crippen LogP contribution in [0.4, 0.5) is 0 Å². The average molecular weight is 655 g/mol. The third-order valence-electron chi connectivity index (χ3n) is 6.73. The Kier molecular flexibility index (Phi) is 8.48. The normalized spacial score (nSPS) is 12.0. The second kappa shape index (κ2) is 12.8. The molecule has 0 bridgehead atoms. The molecule has 0 spiro atoms. The molecule has 3 aromatic heterocycles. The van der Waals surface area contributed by atoms with Gasteiger partial charge in [0.15, 0.2) is 17.3 Å². The molecular weight excluding hydrogens is 626 g/mol. The number of thiazole rings is 1. The molecule has 0 fully saturated rings. The lowest BCUT2D eigenvalue weighted by molar-refractivity contribution is 0.288. The second-order valence-electron chi connectivity index (χ2n) is 9.75. The van der Waals surface area contributed by atoms with Gasteiger partial charge in [0.05, 0.1) is 29.6 Å². The summed E-state index contributed by atoms with van der Waals surface area (Å²) in [5, 5.41) is 9.32. The number of hydrogen-bond donors (Lipinski definition) is 0. The molecule has 3 heterocycles. The van der Waals surface area contributed by atoms with Crippen molar-refractivity contribution in [2.45, 2.75) is 19.8 Å². The Morgan fingerprint density at radius 2 is 1.79 bits per heavy atom. The van der Waals surface area contributed by atoms with Crippen LogP contribution in [0.25, 0.3) is 40.1 Å². The van der Waals surface area contributed by atoms with Gasteiger partial charge >= 0.3 is 0 Å². The van der Waals surface area contributed by atoms with Crippen molar-refractivity contribution < 1.29 is 9.47 Å². The number of halogens is 1. The SMILES string of the molecule is CCCCOc1ccc(/C=C/c2nc3s/c(=C\c4cn(-c5ccccc5)nc4-c4ccc(Br)cc4)c(=O)n3n2)cc1OC. The molecule has 216 valence electrons. The second-order valence-corrected chi connectivity index (χ2v) is 11.7. The lowest BCUT2D eigenvalue weighted by Gasteiger charge is -2.10. The molecule has 3 aromatic carbocycles. The van der Waals surface area contributed by atoms with Gasteiger partial charge in [0, 0.05) is 21.8 Å². The highest BCUT2D eigenvalue weighted by Gasteiger charge is 2.14. The van der Waals surface area contributed by atoms with Crippen molar-refractivity contribution in [3.8, 4) is 28.4 Å². The van der Waals surface area contributed by atoms with Crippen molar-refractivity contribution >= 4 is 50.5 Å². The zero-order valence-electron chi connectivity index (χ0n) is 23.6. The van der Waals surface area contributed by atoms with E-state index in [0.717, 1.165) is 45.4 Å². The lowest BCUT2D eigenvalue weighted by atomic mass is 10.1. The van der Waals surface area contributed by atoms with Gasteiger partial charge in [-0.1, -0.05) is 83.1 Å². The summed E-state index contributed by atoms with van der Waals surface area (Å²) in [5.74, 6) is 1.83. The van der Waals surface area contributed by atoms with Gasteiger partial charge in [0.25, 0.3) is 5.56 Å². The van der Waals surface area contributed by atoms with Crippen LogP contribution in [0.5, 0.6) is 11.5 Å². The predicted octanol–water partition coefficient (Wildman–Crippen LogP) is 6.67. The maximum Gasteiger partial charge on any atom is 0.291 e. The van der Waals surface area contributed by atoms with Gasteiger partial charge in [0.1, 0.15) is 0 Å². The number of ether oxygens (including phenoxy) is 2. The molecule has 43 heavy (non-hydrogen) atoms. The number of nitrogens with zero attached hydrogens (tertiary/aromatic N) is 5. The van der Waals surface area contributed by atoms with Crippen LogP contribution in [-0.4, -0.2) is 38.1 Å². The van der Waals surface area contributed by atoms with E-state index in [1.807, 2.05) is 95.8 Å². The van der Waals surface area contributed by atoms with Gasteiger partial charge in [-0.2, -0.15) is 14.6 Å². The molecule has 6 rings (SSSR count). The largest absolute Gasteiger partial charge is 0.493 e. The molecule has 0 amide bonds. The molecule has 0 N–H and O–H groups in total. The first-order valence-corrected chi connectivity index (χ1v) is 15.4. The van der Waals surface area contributed by atoms with Crippen molar-refractivity contribution in [1.29, 1.82) is 0 Å². The Bertz CT molecular complexity index is 2010. The molecular formula is C33H28BrN5O3S. The Labute approximate surface area is 260 Å². The first-order chi connectivity index (χ1) is 21.0. The Morgan fingerprint density at radius 3 is 2.53 bits per heavy atom. The first kappa shape index (κ1) is 28.6. The van der Waals surface area contributed by atoms with Crippen LogP contribution in [0, 0.1) is 0 Å². The van der Waals surface area contributed by atoms with Crippen LogP contribution >= 0.6 is 27.3 Å². The fourth-order valence-corrected chi connectivity index (χ4v) is 5.67. The lowest BCUT2D eigenvalue weighted by Crippen LogP contribution is -2.23. The summed E-state index contributed by atoms with van der Waals surface area (Å²) in [6.45, 7) is 2.77. The van der Waals surface area contributed by atoms with E-state index in [1.54, 1.807) is 13.2 Å². The maximum absolute atomic E-state index is 13.4. The van der Waals surface area contributed by atoms with Crippen molar-refractivity contribution in [3.63, 3.8) is 0 Å². The first-order valence-electron chi connectivity index (χ1n) is 13.8. The molecule has 0 unspecified atom stereocenters. The number of aromatic nitrogens is 5. The Balaban J connectivity index is 1.31. The van der Waals surface area contributed by atoms with E-state index in [0.29, 0.717) is 33.4 Å². The third kappa shape index (κ3) is 6.30. The van der Waals surface area contributed by atoms with Crippen LogP contribution in [0.15, 0.2) is 88.3 Å². The zero-order chi connectivity index (χ0) is 29.8. The molecule has 0 atom stereocenters. The number of benzene rings is 3. The summed E-state index contributed by atoms with van der Waals surface area (Å²) in [7, 11) is 1.62. The number of para-hydroxylation sites is 1. The molecule has 6 aromatic rings. The van der Waals surface area contributed by atoms with E-state index in [-0.39, 0.29) is 5.56 Å². The molecule has 0 aliphatic heterocycles. The van der Waals surface area contributed by atoms with Gasteiger partial charge in [0.2, 0.25) is 4.96 Å². The molecule has 0 radical (unpaired) electrons. The maximum atomic E-state index is 13.4. The third-order valence-corrected chi connectivity index (χ3v) is 8.22.